The maximum absolute atomic E-state index is 14.6. The van der Waals surface area contributed by atoms with Gasteiger partial charge >= 0.3 is 12.1 Å². The van der Waals surface area contributed by atoms with E-state index in [0.29, 0.717) is 25.0 Å². The van der Waals surface area contributed by atoms with Gasteiger partial charge in [-0.3, -0.25) is 9.59 Å². The van der Waals surface area contributed by atoms with Gasteiger partial charge in [-0.05, 0) is 79.5 Å². The number of methoxy groups -OCH3 is 2. The summed E-state index contributed by atoms with van der Waals surface area (Å²) in [5, 5.41) is 17.4. The van der Waals surface area contributed by atoms with Crippen LogP contribution in [0.4, 0.5) is 4.79 Å². The van der Waals surface area contributed by atoms with E-state index in [9.17, 15) is 24.3 Å². The average molecular weight is 716 g/mol. The summed E-state index contributed by atoms with van der Waals surface area (Å²) in [6.07, 6.45) is 12.1. The largest absolute Gasteiger partial charge is 0.496 e. The summed E-state index contributed by atoms with van der Waals surface area (Å²) in [6.45, 7) is 15.3. The molecule has 1 saturated carbocycles. The molecule has 0 bridgehead atoms. The van der Waals surface area contributed by atoms with Crippen molar-refractivity contribution in [2.75, 3.05) is 27.4 Å². The van der Waals surface area contributed by atoms with Crippen LogP contribution in [0.2, 0.25) is 0 Å². The molecule has 52 heavy (non-hydrogen) atoms. The fourth-order valence-electron chi connectivity index (χ4n) is 7.06. The van der Waals surface area contributed by atoms with Gasteiger partial charge in [0.1, 0.15) is 29.0 Å². The fraction of sp³-hybridized carbons (Fsp3) is 0.463. The SMILES string of the molecule is C=CCCCCC[C@H](NC(=O)OCCCCC=C)C(=O)N1C[C@](OC)(c2ccc3cc(OC)c(C=C)cc3c2)C[C@H]1C(=O)NC1(C(=O)O)CC1C=C. The first-order valence-corrected chi connectivity index (χ1v) is 18.0. The molecule has 3 N–H and O–H groups in total. The second kappa shape index (κ2) is 18.0. The molecular formula is C41H53N3O8. The zero-order chi connectivity index (χ0) is 37.9. The highest BCUT2D eigenvalue weighted by Crippen LogP contribution is 2.46. The molecule has 1 saturated heterocycles. The van der Waals surface area contributed by atoms with Crippen LogP contribution in [0.25, 0.3) is 16.8 Å². The number of hydrogen-bond acceptors (Lipinski definition) is 7. The number of carboxylic acids is 1. The van der Waals surface area contributed by atoms with Crippen LogP contribution in [0.1, 0.15) is 75.3 Å². The van der Waals surface area contributed by atoms with Crippen molar-refractivity contribution in [2.24, 2.45) is 5.92 Å². The van der Waals surface area contributed by atoms with Crippen LogP contribution in [0.5, 0.6) is 5.75 Å². The molecular weight excluding hydrogens is 662 g/mol. The summed E-state index contributed by atoms with van der Waals surface area (Å²) in [5.74, 6) is -2.04. The maximum atomic E-state index is 14.6. The molecule has 0 radical (unpaired) electrons. The highest BCUT2D eigenvalue weighted by Gasteiger charge is 2.62. The van der Waals surface area contributed by atoms with Crippen molar-refractivity contribution in [3.63, 3.8) is 0 Å². The molecule has 1 aliphatic carbocycles. The van der Waals surface area contributed by atoms with Crippen molar-refractivity contribution in [1.82, 2.24) is 15.5 Å². The molecule has 1 heterocycles. The molecule has 11 heteroatoms. The molecule has 1 aliphatic heterocycles. The number of nitrogens with zero attached hydrogens (tertiary/aromatic N) is 1. The van der Waals surface area contributed by atoms with Gasteiger partial charge in [-0.15, -0.1) is 19.7 Å². The summed E-state index contributed by atoms with van der Waals surface area (Å²) in [4.78, 5) is 55.6. The lowest BCUT2D eigenvalue weighted by Crippen LogP contribution is -2.56. The van der Waals surface area contributed by atoms with Gasteiger partial charge in [-0.25, -0.2) is 9.59 Å². The van der Waals surface area contributed by atoms with Crippen LogP contribution < -0.4 is 15.4 Å². The number of carboxylic acid groups (broad SMARTS) is 1. The van der Waals surface area contributed by atoms with E-state index >= 15 is 0 Å². The molecule has 2 aromatic rings. The normalized spacial score (nSPS) is 22.5. The van der Waals surface area contributed by atoms with E-state index in [1.54, 1.807) is 19.3 Å². The van der Waals surface area contributed by atoms with Crippen molar-refractivity contribution in [3.8, 4) is 5.75 Å². The summed E-state index contributed by atoms with van der Waals surface area (Å²) < 4.78 is 17.2. The van der Waals surface area contributed by atoms with Crippen LogP contribution in [0, 0.1) is 5.92 Å². The number of rotatable bonds is 21. The Morgan fingerprint density at radius 2 is 1.69 bits per heavy atom. The zero-order valence-corrected chi connectivity index (χ0v) is 30.5. The minimum absolute atomic E-state index is 0.0212. The Balaban J connectivity index is 1.69. The fourth-order valence-corrected chi connectivity index (χ4v) is 7.06. The molecule has 5 atom stereocenters. The second-order valence-electron chi connectivity index (χ2n) is 13.6. The minimum atomic E-state index is -1.51. The van der Waals surface area contributed by atoms with Gasteiger partial charge in [0.25, 0.3) is 0 Å². The number of carbonyl (C=O) groups excluding carboxylic acids is 3. The number of amides is 3. The molecule has 0 spiro atoms. The zero-order valence-electron chi connectivity index (χ0n) is 30.5. The molecule has 2 unspecified atom stereocenters. The highest BCUT2D eigenvalue weighted by atomic mass is 16.5. The van der Waals surface area contributed by atoms with Crippen molar-refractivity contribution in [3.05, 3.63) is 86.0 Å². The number of hydrogen-bond donors (Lipinski definition) is 3. The number of alkyl carbamates (subject to hydrolysis) is 1. The Morgan fingerprint density at radius 3 is 2.31 bits per heavy atom. The van der Waals surface area contributed by atoms with Crippen LogP contribution in [-0.4, -0.2) is 78.9 Å². The Bertz CT molecular complexity index is 1670. The maximum Gasteiger partial charge on any atom is 0.407 e. The highest BCUT2D eigenvalue weighted by molar-refractivity contribution is 5.96. The number of ether oxygens (including phenoxy) is 3. The first-order valence-electron chi connectivity index (χ1n) is 18.0. The molecule has 4 rings (SSSR count). The number of aliphatic carboxylic acids is 1. The van der Waals surface area contributed by atoms with E-state index in [1.165, 1.54) is 18.1 Å². The number of nitrogens with one attached hydrogen (secondary N) is 2. The Hall–Kier alpha value is -4.90. The van der Waals surface area contributed by atoms with Gasteiger partial charge in [0, 0.05) is 25.0 Å². The third-order valence-electron chi connectivity index (χ3n) is 10.3. The number of likely N-dealkylation sites (tertiary alicyclic amines) is 1. The third-order valence-corrected chi connectivity index (χ3v) is 10.3. The number of unbranched alkanes of at least 4 members (excludes halogenated alkanes) is 5. The van der Waals surface area contributed by atoms with E-state index < -0.39 is 53.0 Å². The van der Waals surface area contributed by atoms with Crippen molar-refractivity contribution < 1.29 is 38.5 Å². The summed E-state index contributed by atoms with van der Waals surface area (Å²) >= 11 is 0. The molecule has 280 valence electrons. The van der Waals surface area contributed by atoms with Crippen molar-refractivity contribution in [2.45, 2.75) is 87.4 Å². The van der Waals surface area contributed by atoms with Crippen LogP contribution >= 0.6 is 0 Å². The number of fused-ring (bicyclic) bond motifs is 1. The number of carbonyl (C=O) groups is 4. The van der Waals surface area contributed by atoms with Crippen molar-refractivity contribution >= 4 is 40.7 Å². The monoisotopic (exact) mass is 715 g/mol. The van der Waals surface area contributed by atoms with Crippen LogP contribution in [0.3, 0.4) is 0 Å². The van der Waals surface area contributed by atoms with Crippen molar-refractivity contribution in [1.29, 1.82) is 0 Å². The minimum Gasteiger partial charge on any atom is -0.496 e. The predicted molar refractivity (Wildman–Crippen MR) is 202 cm³/mol. The summed E-state index contributed by atoms with van der Waals surface area (Å²) in [5.41, 5.74) is -1.12. The van der Waals surface area contributed by atoms with E-state index in [0.717, 1.165) is 54.0 Å². The van der Waals surface area contributed by atoms with E-state index in [1.807, 2.05) is 36.4 Å². The van der Waals surface area contributed by atoms with Gasteiger partial charge in [-0.2, -0.15) is 0 Å². The first-order chi connectivity index (χ1) is 25.0. The Morgan fingerprint density at radius 1 is 0.962 bits per heavy atom. The van der Waals surface area contributed by atoms with Crippen LogP contribution in [0.15, 0.2) is 74.9 Å². The molecule has 3 amide bonds. The third kappa shape index (κ3) is 8.93. The lowest BCUT2D eigenvalue weighted by atomic mass is 9.88. The van der Waals surface area contributed by atoms with E-state index in [4.69, 9.17) is 14.2 Å². The molecule has 0 aromatic heterocycles. The van der Waals surface area contributed by atoms with Gasteiger partial charge < -0.3 is 34.9 Å². The molecule has 2 aliphatic rings. The second-order valence-corrected chi connectivity index (χ2v) is 13.6. The number of benzene rings is 2. The van der Waals surface area contributed by atoms with E-state index in [2.05, 4.69) is 36.9 Å². The van der Waals surface area contributed by atoms with Crippen LogP contribution in [-0.2, 0) is 29.5 Å². The Labute approximate surface area is 306 Å². The lowest BCUT2D eigenvalue weighted by molar-refractivity contribution is -0.145. The lowest BCUT2D eigenvalue weighted by Gasteiger charge is -2.31. The number of allylic oxidation sites excluding steroid dienone is 2. The summed E-state index contributed by atoms with van der Waals surface area (Å²) in [7, 11) is 3.13. The first kappa shape index (κ1) is 39.9. The molecule has 2 fully saturated rings. The Kier molecular flexibility index (Phi) is 13.8. The molecule has 11 nitrogen and oxygen atoms in total. The quantitative estimate of drug-likeness (QED) is 0.0962. The summed E-state index contributed by atoms with van der Waals surface area (Å²) in [6, 6.07) is 7.54. The van der Waals surface area contributed by atoms with Gasteiger partial charge in [0.05, 0.1) is 20.3 Å². The van der Waals surface area contributed by atoms with E-state index in [-0.39, 0.29) is 26.0 Å². The average Bonchev–Trinajstić information content (AvgIpc) is 3.72. The smallest absolute Gasteiger partial charge is 0.407 e. The predicted octanol–water partition coefficient (Wildman–Crippen LogP) is 6.67. The molecule has 2 aromatic carbocycles. The van der Waals surface area contributed by atoms with Gasteiger partial charge in [0.15, 0.2) is 0 Å². The standard InChI is InChI=1S/C41H53N3O8/c1-7-11-13-15-16-18-33(42-39(49)52-21-17-14-12-8-2)37(46)44-27-40(51-6,26-34(44)36(45)43-41(38(47)48)25-31(41)10-4)32-20-19-29-24-35(50-5)28(9-3)22-30(29)23-32/h7-10,19-20,22-24,31,33-34H,1-4,11-18,21,25-27H2,5-6H3,(H,42,49)(H,43,45)(H,47,48)/t31?,33-,34-,40-,41?/m0/s1. The van der Waals surface area contributed by atoms with Gasteiger partial charge in [-0.1, -0.05) is 55.9 Å². The van der Waals surface area contributed by atoms with Gasteiger partial charge in [0.2, 0.25) is 11.8 Å². The topological polar surface area (TPSA) is 144 Å².